The molecular weight excluding hydrogens is 220 g/mol. The molecule has 0 aromatic carbocycles. The highest BCUT2D eigenvalue weighted by Crippen LogP contribution is 1.97. The lowest BCUT2D eigenvalue weighted by Crippen LogP contribution is -2.41. The molecule has 0 radical (unpaired) electrons. The standard InChI is InChI=1S/C6H14N6O2S/c1-12-10-6(9-11-12)3-5(8-7)4-15(2,13)14/h5,8H,3-4,7H2,1-2H3. The highest BCUT2D eigenvalue weighted by molar-refractivity contribution is 7.90. The van der Waals surface area contributed by atoms with Crippen molar-refractivity contribution in [1.82, 2.24) is 25.6 Å². The smallest absolute Gasteiger partial charge is 0.176 e. The van der Waals surface area contributed by atoms with Crippen molar-refractivity contribution in [2.45, 2.75) is 12.5 Å². The molecule has 1 aromatic heterocycles. The van der Waals surface area contributed by atoms with Crippen molar-refractivity contribution in [3.63, 3.8) is 0 Å². The van der Waals surface area contributed by atoms with E-state index in [2.05, 4.69) is 20.8 Å². The van der Waals surface area contributed by atoms with Gasteiger partial charge in [0, 0.05) is 18.7 Å². The molecule has 0 saturated heterocycles. The third-order valence-electron chi connectivity index (χ3n) is 1.72. The molecule has 0 fully saturated rings. The molecule has 0 bridgehead atoms. The van der Waals surface area contributed by atoms with Gasteiger partial charge in [0.2, 0.25) is 0 Å². The Balaban J connectivity index is 2.62. The number of nitrogens with one attached hydrogen (secondary N) is 1. The Labute approximate surface area is 87.7 Å². The highest BCUT2D eigenvalue weighted by atomic mass is 32.2. The van der Waals surface area contributed by atoms with Gasteiger partial charge in [-0.3, -0.25) is 11.3 Å². The molecule has 0 spiro atoms. The second-order valence-electron chi connectivity index (χ2n) is 3.36. The van der Waals surface area contributed by atoms with Gasteiger partial charge in [-0.2, -0.15) is 4.80 Å². The Kier molecular flexibility index (Phi) is 3.72. The van der Waals surface area contributed by atoms with Gasteiger partial charge >= 0.3 is 0 Å². The zero-order valence-corrected chi connectivity index (χ0v) is 9.40. The van der Waals surface area contributed by atoms with Crippen LogP contribution in [0.25, 0.3) is 0 Å². The van der Waals surface area contributed by atoms with Crippen LogP contribution in [0.3, 0.4) is 0 Å². The summed E-state index contributed by atoms with van der Waals surface area (Å²) in [5.41, 5.74) is 2.42. The molecule has 0 saturated carbocycles. The first-order valence-electron chi connectivity index (χ1n) is 4.27. The van der Waals surface area contributed by atoms with Crippen molar-refractivity contribution in [2.24, 2.45) is 12.9 Å². The fourth-order valence-corrected chi connectivity index (χ4v) is 2.10. The Morgan fingerprint density at radius 3 is 2.67 bits per heavy atom. The Morgan fingerprint density at radius 2 is 2.27 bits per heavy atom. The monoisotopic (exact) mass is 234 g/mol. The van der Waals surface area contributed by atoms with Crippen LogP contribution in [0.4, 0.5) is 0 Å². The van der Waals surface area contributed by atoms with Crippen LogP contribution in [0, 0.1) is 0 Å². The lowest BCUT2D eigenvalue weighted by molar-refractivity contribution is 0.535. The summed E-state index contributed by atoms with van der Waals surface area (Å²) < 4.78 is 22.1. The SMILES string of the molecule is Cn1nnc(CC(CS(C)(=O)=O)NN)n1. The van der Waals surface area contributed by atoms with E-state index in [1.165, 1.54) is 4.80 Å². The summed E-state index contributed by atoms with van der Waals surface area (Å²) >= 11 is 0. The third kappa shape index (κ3) is 4.32. The topological polar surface area (TPSA) is 116 Å². The second-order valence-corrected chi connectivity index (χ2v) is 5.54. The maximum absolute atomic E-state index is 11.0. The lowest BCUT2D eigenvalue weighted by Gasteiger charge is -2.11. The van der Waals surface area contributed by atoms with Crippen molar-refractivity contribution < 1.29 is 8.42 Å². The van der Waals surface area contributed by atoms with Crippen LogP contribution < -0.4 is 11.3 Å². The van der Waals surface area contributed by atoms with Gasteiger partial charge in [-0.15, -0.1) is 10.2 Å². The molecule has 0 amide bonds. The summed E-state index contributed by atoms with van der Waals surface area (Å²) in [4.78, 5) is 1.31. The van der Waals surface area contributed by atoms with E-state index < -0.39 is 15.9 Å². The lowest BCUT2D eigenvalue weighted by atomic mass is 10.2. The van der Waals surface area contributed by atoms with E-state index in [9.17, 15) is 8.42 Å². The average Bonchev–Trinajstić information content (AvgIpc) is 2.47. The van der Waals surface area contributed by atoms with E-state index in [-0.39, 0.29) is 5.75 Å². The fourth-order valence-electron chi connectivity index (χ4n) is 1.16. The fraction of sp³-hybridized carbons (Fsp3) is 0.833. The number of hydrazine groups is 1. The van der Waals surface area contributed by atoms with Gasteiger partial charge < -0.3 is 0 Å². The van der Waals surface area contributed by atoms with E-state index in [0.29, 0.717) is 12.2 Å². The number of aromatic nitrogens is 4. The first kappa shape index (κ1) is 12.0. The van der Waals surface area contributed by atoms with Gasteiger partial charge in [0.1, 0.15) is 9.84 Å². The molecule has 86 valence electrons. The number of nitrogens with zero attached hydrogens (tertiary/aromatic N) is 4. The maximum atomic E-state index is 11.0. The van der Waals surface area contributed by atoms with E-state index in [1.807, 2.05) is 0 Å². The van der Waals surface area contributed by atoms with Crippen LogP contribution in [0.5, 0.6) is 0 Å². The molecule has 0 aliphatic heterocycles. The van der Waals surface area contributed by atoms with Crippen molar-refractivity contribution in [3.8, 4) is 0 Å². The third-order valence-corrected chi connectivity index (χ3v) is 2.73. The molecule has 3 N–H and O–H groups in total. The minimum Gasteiger partial charge on any atom is -0.271 e. The molecule has 1 atom stereocenters. The number of hydrogen-bond donors (Lipinski definition) is 2. The number of tetrazole rings is 1. The summed E-state index contributed by atoms with van der Waals surface area (Å²) in [6.07, 6.45) is 1.48. The minimum atomic E-state index is -3.07. The van der Waals surface area contributed by atoms with Crippen LogP contribution in [-0.4, -0.2) is 46.7 Å². The number of aryl methyl sites for hydroxylation is 1. The zero-order valence-electron chi connectivity index (χ0n) is 8.58. The quantitative estimate of drug-likeness (QED) is 0.432. The summed E-state index contributed by atoms with van der Waals surface area (Å²) in [5.74, 6) is 5.65. The highest BCUT2D eigenvalue weighted by Gasteiger charge is 2.16. The summed E-state index contributed by atoms with van der Waals surface area (Å²) in [6, 6.07) is -0.399. The van der Waals surface area contributed by atoms with E-state index >= 15 is 0 Å². The van der Waals surface area contributed by atoms with Crippen LogP contribution in [0.1, 0.15) is 5.82 Å². The number of rotatable bonds is 5. The minimum absolute atomic E-state index is 0.0538. The second kappa shape index (κ2) is 4.64. The summed E-state index contributed by atoms with van der Waals surface area (Å²) in [5, 5.41) is 11.3. The average molecular weight is 234 g/mol. The molecule has 1 aromatic rings. The zero-order chi connectivity index (χ0) is 11.5. The predicted molar refractivity (Wildman–Crippen MR) is 53.3 cm³/mol. The van der Waals surface area contributed by atoms with E-state index in [4.69, 9.17) is 5.84 Å². The Bertz CT molecular complexity index is 413. The molecule has 9 heteroatoms. The number of sulfone groups is 1. The normalized spacial score (nSPS) is 14.1. The summed E-state index contributed by atoms with van der Waals surface area (Å²) in [6.45, 7) is 0. The van der Waals surface area contributed by atoms with Gasteiger partial charge in [0.25, 0.3) is 0 Å². The van der Waals surface area contributed by atoms with Gasteiger partial charge in [0.05, 0.1) is 12.8 Å². The molecule has 0 aliphatic carbocycles. The number of nitrogens with two attached hydrogens (primary N) is 1. The van der Waals surface area contributed by atoms with Gasteiger partial charge in [-0.1, -0.05) is 0 Å². The van der Waals surface area contributed by atoms with E-state index in [1.54, 1.807) is 7.05 Å². The van der Waals surface area contributed by atoms with Crippen molar-refractivity contribution in [3.05, 3.63) is 5.82 Å². The first-order chi connectivity index (χ1) is 6.90. The maximum Gasteiger partial charge on any atom is 0.176 e. The van der Waals surface area contributed by atoms with E-state index in [0.717, 1.165) is 6.26 Å². The summed E-state index contributed by atoms with van der Waals surface area (Å²) in [7, 11) is -1.44. The Morgan fingerprint density at radius 1 is 1.60 bits per heavy atom. The Hall–Kier alpha value is -1.06. The molecule has 15 heavy (non-hydrogen) atoms. The van der Waals surface area contributed by atoms with Gasteiger partial charge in [0.15, 0.2) is 5.82 Å². The van der Waals surface area contributed by atoms with Crippen molar-refractivity contribution in [2.75, 3.05) is 12.0 Å². The van der Waals surface area contributed by atoms with Crippen LogP contribution in [0.15, 0.2) is 0 Å². The van der Waals surface area contributed by atoms with Crippen LogP contribution >= 0.6 is 0 Å². The van der Waals surface area contributed by atoms with Crippen molar-refractivity contribution >= 4 is 9.84 Å². The molecule has 1 rings (SSSR count). The molecule has 1 heterocycles. The van der Waals surface area contributed by atoms with Gasteiger partial charge in [-0.25, -0.2) is 8.42 Å². The molecular formula is C6H14N6O2S. The number of hydrogen-bond acceptors (Lipinski definition) is 7. The van der Waals surface area contributed by atoms with Crippen LogP contribution in [0.2, 0.25) is 0 Å². The first-order valence-corrected chi connectivity index (χ1v) is 6.33. The van der Waals surface area contributed by atoms with Crippen molar-refractivity contribution in [1.29, 1.82) is 0 Å². The van der Waals surface area contributed by atoms with Crippen LogP contribution in [-0.2, 0) is 23.3 Å². The van der Waals surface area contributed by atoms with Gasteiger partial charge in [-0.05, 0) is 5.21 Å². The molecule has 1 unspecified atom stereocenters. The predicted octanol–water partition coefficient (Wildman–Crippen LogP) is -2.37. The molecule has 8 nitrogen and oxygen atoms in total. The molecule has 0 aliphatic rings. The largest absolute Gasteiger partial charge is 0.271 e.